The Kier molecular flexibility index (Phi) is 3.81. The molecule has 3 nitrogen and oxygen atoms in total. The Labute approximate surface area is 113 Å². The van der Waals surface area contributed by atoms with Crippen molar-refractivity contribution in [1.82, 2.24) is 9.88 Å². The first-order chi connectivity index (χ1) is 8.58. The average Bonchev–Trinajstić information content (AvgIpc) is 2.67. The van der Waals surface area contributed by atoms with Crippen LogP contribution in [0.15, 0.2) is 41.0 Å². The third-order valence-corrected chi connectivity index (χ3v) is 3.04. The molecule has 0 radical (unpaired) electrons. The molecule has 94 valence electrons. The number of aromatic nitrogens is 1. The van der Waals surface area contributed by atoms with E-state index in [-0.39, 0.29) is 18.3 Å². The van der Waals surface area contributed by atoms with Crippen molar-refractivity contribution in [3.05, 3.63) is 58.1 Å². The number of nitrogens with zero attached hydrogens (tertiary/aromatic N) is 1. The molecule has 5 heteroatoms. The summed E-state index contributed by atoms with van der Waals surface area (Å²) in [5, 5.41) is 2.69. The number of amides is 1. The number of rotatable bonds is 3. The molecule has 0 bridgehead atoms. The van der Waals surface area contributed by atoms with Gasteiger partial charge in [-0.15, -0.1) is 0 Å². The number of hydrogen-bond acceptors (Lipinski definition) is 1. The Bertz CT molecular complexity index is 580. The average molecular weight is 311 g/mol. The van der Waals surface area contributed by atoms with Gasteiger partial charge in [-0.3, -0.25) is 4.79 Å². The van der Waals surface area contributed by atoms with Gasteiger partial charge in [0.25, 0.3) is 5.91 Å². The first-order valence-corrected chi connectivity index (χ1v) is 6.20. The number of nitrogens with one attached hydrogen (secondary N) is 1. The van der Waals surface area contributed by atoms with E-state index in [1.54, 1.807) is 42.1 Å². The fourth-order valence-corrected chi connectivity index (χ4v) is 2.18. The van der Waals surface area contributed by atoms with Gasteiger partial charge >= 0.3 is 0 Å². The highest BCUT2D eigenvalue weighted by atomic mass is 79.9. The zero-order chi connectivity index (χ0) is 13.1. The zero-order valence-electron chi connectivity index (χ0n) is 9.78. The first kappa shape index (κ1) is 12.8. The van der Waals surface area contributed by atoms with Gasteiger partial charge in [-0.05, 0) is 28.1 Å². The smallest absolute Gasteiger partial charge is 0.268 e. The van der Waals surface area contributed by atoms with Crippen LogP contribution in [-0.4, -0.2) is 10.5 Å². The van der Waals surface area contributed by atoms with Gasteiger partial charge in [0.15, 0.2) is 0 Å². The van der Waals surface area contributed by atoms with Gasteiger partial charge in [-0.2, -0.15) is 0 Å². The van der Waals surface area contributed by atoms with E-state index in [1.165, 1.54) is 6.07 Å². The van der Waals surface area contributed by atoms with Crippen LogP contribution < -0.4 is 5.32 Å². The van der Waals surface area contributed by atoms with Gasteiger partial charge < -0.3 is 9.88 Å². The number of carbonyl (C=O) groups is 1. The SMILES string of the molecule is Cn1cc(Br)cc1C(=O)NCc1ccccc1F. The fourth-order valence-electron chi connectivity index (χ4n) is 1.66. The predicted molar refractivity (Wildman–Crippen MR) is 70.7 cm³/mol. The fraction of sp³-hybridized carbons (Fsp3) is 0.154. The summed E-state index contributed by atoms with van der Waals surface area (Å²) in [6, 6.07) is 8.10. The molecule has 0 fully saturated rings. The van der Waals surface area contributed by atoms with Crippen molar-refractivity contribution in [2.24, 2.45) is 7.05 Å². The zero-order valence-corrected chi connectivity index (χ0v) is 11.4. The lowest BCUT2D eigenvalue weighted by atomic mass is 10.2. The molecule has 1 aromatic carbocycles. The number of halogens is 2. The summed E-state index contributed by atoms with van der Waals surface area (Å²) in [5.74, 6) is -0.544. The minimum absolute atomic E-state index is 0.175. The third-order valence-electron chi connectivity index (χ3n) is 2.60. The van der Waals surface area contributed by atoms with Crippen molar-refractivity contribution in [3.8, 4) is 0 Å². The molecular weight excluding hydrogens is 299 g/mol. The Morgan fingerprint density at radius 3 is 2.78 bits per heavy atom. The molecule has 18 heavy (non-hydrogen) atoms. The van der Waals surface area contributed by atoms with Crippen LogP contribution in [0.2, 0.25) is 0 Å². The van der Waals surface area contributed by atoms with Crippen LogP contribution in [0.4, 0.5) is 4.39 Å². The van der Waals surface area contributed by atoms with E-state index in [1.807, 2.05) is 0 Å². The molecule has 0 atom stereocenters. The standard InChI is InChI=1S/C13H12BrFN2O/c1-17-8-10(14)6-12(17)13(18)16-7-9-4-2-3-5-11(9)15/h2-6,8H,7H2,1H3,(H,16,18). The van der Waals surface area contributed by atoms with Gasteiger partial charge in [-0.1, -0.05) is 18.2 Å². The molecular formula is C13H12BrFN2O. The van der Waals surface area contributed by atoms with Crippen LogP contribution in [0.3, 0.4) is 0 Å². The molecule has 0 aliphatic heterocycles. The Morgan fingerprint density at radius 1 is 1.44 bits per heavy atom. The van der Waals surface area contributed by atoms with E-state index >= 15 is 0 Å². The van der Waals surface area contributed by atoms with Crippen LogP contribution in [0, 0.1) is 5.82 Å². The van der Waals surface area contributed by atoms with Crippen LogP contribution in [-0.2, 0) is 13.6 Å². The molecule has 2 aromatic rings. The summed E-state index contributed by atoms with van der Waals surface area (Å²) < 4.78 is 15.9. The number of hydrogen-bond donors (Lipinski definition) is 1. The minimum atomic E-state index is -0.314. The van der Waals surface area contributed by atoms with Crippen LogP contribution >= 0.6 is 15.9 Å². The molecule has 1 amide bonds. The summed E-state index contributed by atoms with van der Waals surface area (Å²) in [5.41, 5.74) is 0.998. The lowest BCUT2D eigenvalue weighted by Crippen LogP contribution is -2.25. The Balaban J connectivity index is 2.05. The summed E-state index contributed by atoms with van der Waals surface area (Å²) in [7, 11) is 1.78. The lowest BCUT2D eigenvalue weighted by molar-refractivity contribution is 0.0942. The molecule has 1 heterocycles. The number of carbonyl (C=O) groups excluding carboxylic acids is 1. The van der Waals surface area contributed by atoms with Gasteiger partial charge in [0.05, 0.1) is 0 Å². The minimum Gasteiger partial charge on any atom is -0.347 e. The summed E-state index contributed by atoms with van der Waals surface area (Å²) in [6.07, 6.45) is 1.79. The second kappa shape index (κ2) is 5.35. The van der Waals surface area contributed by atoms with Crippen molar-refractivity contribution in [3.63, 3.8) is 0 Å². The highest BCUT2D eigenvalue weighted by molar-refractivity contribution is 9.10. The lowest BCUT2D eigenvalue weighted by Gasteiger charge is -2.06. The molecule has 0 saturated heterocycles. The molecule has 0 spiro atoms. The van der Waals surface area contributed by atoms with E-state index in [2.05, 4.69) is 21.2 Å². The Hall–Kier alpha value is -1.62. The largest absolute Gasteiger partial charge is 0.347 e. The van der Waals surface area contributed by atoms with Crippen molar-refractivity contribution in [2.45, 2.75) is 6.54 Å². The number of benzene rings is 1. The molecule has 0 unspecified atom stereocenters. The van der Waals surface area contributed by atoms with Crippen molar-refractivity contribution in [1.29, 1.82) is 0 Å². The monoisotopic (exact) mass is 310 g/mol. The summed E-state index contributed by atoms with van der Waals surface area (Å²) in [4.78, 5) is 11.9. The van der Waals surface area contributed by atoms with Crippen molar-refractivity contribution >= 4 is 21.8 Å². The van der Waals surface area contributed by atoms with E-state index in [0.29, 0.717) is 11.3 Å². The second-order valence-electron chi connectivity index (χ2n) is 3.93. The molecule has 0 saturated carbocycles. The molecule has 0 aliphatic carbocycles. The highest BCUT2D eigenvalue weighted by Crippen LogP contribution is 2.14. The third kappa shape index (κ3) is 2.79. The number of aryl methyl sites for hydroxylation is 1. The quantitative estimate of drug-likeness (QED) is 0.929. The Morgan fingerprint density at radius 2 is 2.17 bits per heavy atom. The van der Waals surface area contributed by atoms with Gasteiger partial charge in [0, 0.05) is 29.8 Å². The maximum atomic E-state index is 13.4. The van der Waals surface area contributed by atoms with Crippen molar-refractivity contribution in [2.75, 3.05) is 0 Å². The van der Waals surface area contributed by atoms with Crippen LogP contribution in [0.5, 0.6) is 0 Å². The maximum Gasteiger partial charge on any atom is 0.268 e. The van der Waals surface area contributed by atoms with Gasteiger partial charge in [0.2, 0.25) is 0 Å². The topological polar surface area (TPSA) is 34.0 Å². The second-order valence-corrected chi connectivity index (χ2v) is 4.84. The molecule has 1 aromatic heterocycles. The van der Waals surface area contributed by atoms with Gasteiger partial charge in [-0.25, -0.2) is 4.39 Å². The van der Waals surface area contributed by atoms with Crippen LogP contribution in [0.1, 0.15) is 16.1 Å². The van der Waals surface area contributed by atoms with E-state index in [0.717, 1.165) is 4.47 Å². The van der Waals surface area contributed by atoms with E-state index < -0.39 is 0 Å². The summed E-state index contributed by atoms with van der Waals surface area (Å²) in [6.45, 7) is 0.175. The molecule has 1 N–H and O–H groups in total. The van der Waals surface area contributed by atoms with E-state index in [4.69, 9.17) is 0 Å². The summed E-state index contributed by atoms with van der Waals surface area (Å²) >= 11 is 3.30. The van der Waals surface area contributed by atoms with Crippen molar-refractivity contribution < 1.29 is 9.18 Å². The molecule has 0 aliphatic rings. The normalized spacial score (nSPS) is 10.4. The first-order valence-electron chi connectivity index (χ1n) is 5.41. The van der Waals surface area contributed by atoms with Gasteiger partial charge in [0.1, 0.15) is 11.5 Å². The van der Waals surface area contributed by atoms with E-state index in [9.17, 15) is 9.18 Å². The maximum absolute atomic E-state index is 13.4. The predicted octanol–water partition coefficient (Wildman–Crippen LogP) is 2.86. The van der Waals surface area contributed by atoms with Crippen LogP contribution in [0.25, 0.3) is 0 Å². The highest BCUT2D eigenvalue weighted by Gasteiger charge is 2.11. The molecule has 2 rings (SSSR count).